The van der Waals surface area contributed by atoms with Crippen LogP contribution in [0.15, 0.2) is 66.7 Å². The van der Waals surface area contributed by atoms with Gasteiger partial charge >= 0.3 is 0 Å². The number of nitrogens with zero attached hydrogens (tertiary/aromatic N) is 2. The first-order valence-electron chi connectivity index (χ1n) is 10.9. The van der Waals surface area contributed by atoms with Crippen molar-refractivity contribution in [2.75, 3.05) is 28.6 Å². The van der Waals surface area contributed by atoms with E-state index in [1.807, 2.05) is 4.90 Å². The molecule has 0 bridgehead atoms. The fourth-order valence-corrected chi connectivity index (χ4v) is 4.11. The van der Waals surface area contributed by atoms with Crippen LogP contribution in [0.25, 0.3) is 0 Å². The zero-order valence-corrected chi connectivity index (χ0v) is 19.0. The molecule has 2 N–H and O–H groups in total. The van der Waals surface area contributed by atoms with Crippen LogP contribution < -0.4 is 15.5 Å². The molecule has 174 valence electrons. The zero-order chi connectivity index (χ0) is 24.1. The lowest BCUT2D eigenvalue weighted by molar-refractivity contribution is -0.384. The SMILES string of the molecule is O=C(Nc1cccc(NC(=O)c2ccc(N3CCCCC3)c([N+](=O)[O-])c2)c1)c1cccc(Cl)c1. The van der Waals surface area contributed by atoms with Gasteiger partial charge in [-0.1, -0.05) is 23.7 Å². The first-order chi connectivity index (χ1) is 16.4. The Labute approximate surface area is 201 Å². The van der Waals surface area contributed by atoms with E-state index in [0.29, 0.717) is 27.6 Å². The summed E-state index contributed by atoms with van der Waals surface area (Å²) in [6.45, 7) is 1.53. The van der Waals surface area contributed by atoms with Crippen LogP contribution in [0.3, 0.4) is 0 Å². The summed E-state index contributed by atoms with van der Waals surface area (Å²) in [4.78, 5) is 38.5. The highest BCUT2D eigenvalue weighted by Gasteiger charge is 2.23. The van der Waals surface area contributed by atoms with Gasteiger partial charge < -0.3 is 15.5 Å². The normalized spacial score (nSPS) is 13.3. The van der Waals surface area contributed by atoms with Gasteiger partial charge in [-0.15, -0.1) is 0 Å². The van der Waals surface area contributed by atoms with Gasteiger partial charge in [-0.3, -0.25) is 19.7 Å². The highest BCUT2D eigenvalue weighted by Crippen LogP contribution is 2.31. The van der Waals surface area contributed by atoms with Gasteiger partial charge in [-0.2, -0.15) is 0 Å². The molecule has 9 heteroatoms. The van der Waals surface area contributed by atoms with Crippen LogP contribution in [0.5, 0.6) is 0 Å². The fourth-order valence-electron chi connectivity index (χ4n) is 3.92. The van der Waals surface area contributed by atoms with Crippen molar-refractivity contribution < 1.29 is 14.5 Å². The largest absolute Gasteiger partial charge is 0.366 e. The van der Waals surface area contributed by atoms with E-state index in [9.17, 15) is 19.7 Å². The third kappa shape index (κ3) is 5.52. The summed E-state index contributed by atoms with van der Waals surface area (Å²) in [5.74, 6) is -0.818. The molecule has 34 heavy (non-hydrogen) atoms. The number of halogens is 1. The number of carbonyl (C=O) groups is 2. The van der Waals surface area contributed by atoms with Crippen molar-refractivity contribution in [2.45, 2.75) is 19.3 Å². The van der Waals surface area contributed by atoms with Crippen molar-refractivity contribution in [1.82, 2.24) is 0 Å². The van der Waals surface area contributed by atoms with E-state index >= 15 is 0 Å². The number of anilines is 3. The van der Waals surface area contributed by atoms with Crippen LogP contribution in [0.2, 0.25) is 5.02 Å². The van der Waals surface area contributed by atoms with Gasteiger partial charge in [0.1, 0.15) is 5.69 Å². The summed E-state index contributed by atoms with van der Waals surface area (Å²) in [5.41, 5.74) is 1.96. The van der Waals surface area contributed by atoms with Crippen LogP contribution >= 0.6 is 11.6 Å². The maximum atomic E-state index is 12.8. The maximum Gasteiger partial charge on any atom is 0.293 e. The summed E-state index contributed by atoms with van der Waals surface area (Å²) in [7, 11) is 0. The lowest BCUT2D eigenvalue weighted by atomic mass is 10.1. The average Bonchev–Trinajstić information content (AvgIpc) is 2.84. The Bertz CT molecular complexity index is 1240. The molecule has 0 unspecified atom stereocenters. The van der Waals surface area contributed by atoms with Crippen molar-refractivity contribution in [2.24, 2.45) is 0 Å². The zero-order valence-electron chi connectivity index (χ0n) is 18.3. The molecule has 0 aromatic heterocycles. The molecule has 8 nitrogen and oxygen atoms in total. The van der Waals surface area contributed by atoms with Gasteiger partial charge in [0, 0.05) is 46.7 Å². The minimum absolute atomic E-state index is 0.0860. The number of nitrogens with one attached hydrogen (secondary N) is 2. The molecule has 3 aromatic carbocycles. The number of rotatable bonds is 6. The van der Waals surface area contributed by atoms with Crippen molar-refractivity contribution in [3.63, 3.8) is 0 Å². The highest BCUT2D eigenvalue weighted by atomic mass is 35.5. The number of piperidine rings is 1. The van der Waals surface area contributed by atoms with E-state index < -0.39 is 10.8 Å². The topological polar surface area (TPSA) is 105 Å². The smallest absolute Gasteiger partial charge is 0.293 e. The Kier molecular flexibility index (Phi) is 7.08. The Balaban J connectivity index is 1.49. The van der Waals surface area contributed by atoms with E-state index in [2.05, 4.69) is 10.6 Å². The molecule has 1 fully saturated rings. The van der Waals surface area contributed by atoms with E-state index in [-0.39, 0.29) is 17.2 Å². The summed E-state index contributed by atoms with van der Waals surface area (Å²) in [6.07, 6.45) is 3.09. The molecular formula is C25H23ClN4O4. The summed E-state index contributed by atoms with van der Waals surface area (Å²) < 4.78 is 0. The van der Waals surface area contributed by atoms with Gasteiger partial charge in [0.15, 0.2) is 0 Å². The van der Waals surface area contributed by atoms with Crippen molar-refractivity contribution >= 4 is 46.2 Å². The fraction of sp³-hybridized carbons (Fsp3) is 0.200. The molecule has 0 radical (unpaired) electrons. The monoisotopic (exact) mass is 478 g/mol. The molecule has 1 saturated heterocycles. The van der Waals surface area contributed by atoms with Crippen molar-refractivity contribution in [3.05, 3.63) is 93.0 Å². The molecule has 1 heterocycles. The second kappa shape index (κ2) is 10.4. The molecule has 1 aliphatic heterocycles. The minimum atomic E-state index is -0.480. The number of carbonyl (C=O) groups excluding carboxylic acids is 2. The molecule has 2 amide bonds. The quantitative estimate of drug-likeness (QED) is 0.347. The minimum Gasteiger partial charge on any atom is -0.366 e. The van der Waals surface area contributed by atoms with Crippen LogP contribution in [0.1, 0.15) is 40.0 Å². The summed E-state index contributed by atoms with van der Waals surface area (Å²) in [5, 5.41) is 17.6. The second-order valence-corrected chi connectivity index (χ2v) is 8.44. The molecule has 4 rings (SSSR count). The molecule has 3 aromatic rings. The number of amides is 2. The van der Waals surface area contributed by atoms with Crippen LogP contribution in [-0.4, -0.2) is 29.8 Å². The lowest BCUT2D eigenvalue weighted by Gasteiger charge is -2.28. The number of hydrogen-bond donors (Lipinski definition) is 2. The van der Waals surface area contributed by atoms with Crippen LogP contribution in [0.4, 0.5) is 22.7 Å². The van der Waals surface area contributed by atoms with Crippen LogP contribution in [-0.2, 0) is 0 Å². The van der Waals surface area contributed by atoms with E-state index in [0.717, 1.165) is 32.4 Å². The highest BCUT2D eigenvalue weighted by molar-refractivity contribution is 6.31. The van der Waals surface area contributed by atoms with E-state index in [4.69, 9.17) is 11.6 Å². The van der Waals surface area contributed by atoms with E-state index in [1.165, 1.54) is 6.07 Å². The van der Waals surface area contributed by atoms with Crippen LogP contribution in [0, 0.1) is 10.1 Å². The molecule has 0 aliphatic carbocycles. The standard InChI is InChI=1S/C25H23ClN4O4/c26-19-7-4-6-17(14-19)24(31)27-20-8-5-9-21(16-20)28-25(32)18-10-11-22(23(15-18)30(33)34)29-12-2-1-3-13-29/h4-11,14-16H,1-3,12-13H2,(H,27,31)(H,28,32). The van der Waals surface area contributed by atoms with E-state index in [1.54, 1.807) is 60.7 Å². The van der Waals surface area contributed by atoms with Crippen molar-refractivity contribution in [1.29, 1.82) is 0 Å². The predicted molar refractivity (Wildman–Crippen MR) is 133 cm³/mol. The Hall–Kier alpha value is -3.91. The van der Waals surface area contributed by atoms with Gasteiger partial charge in [-0.25, -0.2) is 0 Å². The first kappa shape index (κ1) is 23.3. The van der Waals surface area contributed by atoms with Crippen molar-refractivity contribution in [3.8, 4) is 0 Å². The maximum absolute atomic E-state index is 12.8. The summed E-state index contributed by atoms with van der Waals surface area (Å²) in [6, 6.07) is 17.8. The molecule has 0 saturated carbocycles. The third-order valence-corrected chi connectivity index (χ3v) is 5.83. The molecule has 0 atom stereocenters. The molecule has 1 aliphatic rings. The summed E-state index contributed by atoms with van der Waals surface area (Å²) >= 11 is 5.94. The number of nitro benzene ring substituents is 1. The Morgan fingerprint density at radius 2 is 1.44 bits per heavy atom. The van der Waals surface area contributed by atoms with Gasteiger partial charge in [0.25, 0.3) is 17.5 Å². The first-order valence-corrected chi connectivity index (χ1v) is 11.3. The molecular weight excluding hydrogens is 456 g/mol. The van der Waals surface area contributed by atoms with Gasteiger partial charge in [0.2, 0.25) is 0 Å². The van der Waals surface area contributed by atoms with Gasteiger partial charge in [-0.05, 0) is 67.8 Å². The third-order valence-electron chi connectivity index (χ3n) is 5.60. The van der Waals surface area contributed by atoms with Gasteiger partial charge in [0.05, 0.1) is 4.92 Å². The number of nitro groups is 1. The second-order valence-electron chi connectivity index (χ2n) is 8.01. The number of benzene rings is 3. The predicted octanol–water partition coefficient (Wildman–Crippen LogP) is 5.74. The average molecular weight is 479 g/mol. The Morgan fingerprint density at radius 1 is 0.824 bits per heavy atom. The number of hydrogen-bond acceptors (Lipinski definition) is 5. The lowest BCUT2D eigenvalue weighted by Crippen LogP contribution is -2.30. The molecule has 0 spiro atoms. The Morgan fingerprint density at radius 3 is 2.06 bits per heavy atom.